The summed E-state index contributed by atoms with van der Waals surface area (Å²) in [6.45, 7) is 2.57. The number of hydrogen-bond acceptors (Lipinski definition) is 15. The number of aliphatic hydroxyl groups is 7. The minimum Gasteiger partial charge on any atom is -0.462 e. The van der Waals surface area contributed by atoms with Crippen LogP contribution in [0, 0.1) is 0 Å². The highest BCUT2D eigenvalue weighted by Gasteiger charge is 2.47. The van der Waals surface area contributed by atoms with E-state index >= 15 is 0 Å². The van der Waals surface area contributed by atoms with Gasteiger partial charge in [0.25, 0.3) is 0 Å². The number of hydrogen-bond donors (Lipinski definition) is 7. The van der Waals surface area contributed by atoms with E-state index in [1.165, 1.54) is 103 Å². The Morgan fingerprint density at radius 3 is 1.30 bits per heavy atom. The maximum absolute atomic E-state index is 12.9. The molecule has 2 rings (SSSR count). The molecule has 0 radical (unpaired) electrons. The molecule has 2 aliphatic heterocycles. The lowest BCUT2D eigenvalue weighted by Gasteiger charge is -2.42. The van der Waals surface area contributed by atoms with Crippen molar-refractivity contribution in [2.45, 2.75) is 248 Å². The standard InChI is InChI=1S/C45H84O15/c1-3-5-7-9-11-13-14-15-16-17-18-20-21-23-25-27-36(47)55-30-33(58-37(48)28-26-24-22-19-12-10-8-6-4-2)31-56-44-43(54)41(52)39(50)35(60-44)32-57-45-42(53)40(51)38(49)34(29-46)59-45/h33-35,38-46,49-54H,3-32H2,1-2H3/t33-,34-,35-,38+,39+,40?,41?,42?,43?,44-,45-/m1/s1. The lowest BCUT2D eigenvalue weighted by molar-refractivity contribution is -0.332. The summed E-state index contributed by atoms with van der Waals surface area (Å²) in [6.07, 6.45) is 11.5. The molecule has 15 nitrogen and oxygen atoms in total. The molecule has 0 spiro atoms. The van der Waals surface area contributed by atoms with Crippen LogP contribution in [0.5, 0.6) is 0 Å². The van der Waals surface area contributed by atoms with Crippen molar-refractivity contribution in [1.29, 1.82) is 0 Å². The molecule has 7 N–H and O–H groups in total. The lowest BCUT2D eigenvalue weighted by atomic mass is 9.98. The van der Waals surface area contributed by atoms with Gasteiger partial charge in [-0.3, -0.25) is 9.59 Å². The molecule has 4 unspecified atom stereocenters. The largest absolute Gasteiger partial charge is 0.462 e. The van der Waals surface area contributed by atoms with E-state index in [0.29, 0.717) is 12.8 Å². The van der Waals surface area contributed by atoms with Crippen LogP contribution < -0.4 is 0 Å². The van der Waals surface area contributed by atoms with Crippen molar-refractivity contribution in [2.75, 3.05) is 26.4 Å². The fraction of sp³-hybridized carbons (Fsp3) is 0.956. The number of unbranched alkanes of at least 4 members (excludes halogenated alkanes) is 22. The molecule has 2 fully saturated rings. The van der Waals surface area contributed by atoms with Gasteiger partial charge in [-0.2, -0.15) is 0 Å². The molecule has 0 aliphatic carbocycles. The Morgan fingerprint density at radius 1 is 0.467 bits per heavy atom. The smallest absolute Gasteiger partial charge is 0.306 e. The van der Waals surface area contributed by atoms with E-state index in [1.807, 2.05) is 0 Å². The third-order valence-corrected chi connectivity index (χ3v) is 11.6. The van der Waals surface area contributed by atoms with Crippen molar-refractivity contribution >= 4 is 11.9 Å². The summed E-state index contributed by atoms with van der Waals surface area (Å²) in [7, 11) is 0. The Labute approximate surface area is 359 Å². The second kappa shape index (κ2) is 34.0. The van der Waals surface area contributed by atoms with Crippen LogP contribution in [0.4, 0.5) is 0 Å². The van der Waals surface area contributed by atoms with Crippen molar-refractivity contribution in [2.24, 2.45) is 0 Å². The van der Waals surface area contributed by atoms with E-state index in [0.717, 1.165) is 38.5 Å². The number of rotatable bonds is 36. The third-order valence-electron chi connectivity index (χ3n) is 11.6. The normalized spacial score (nSPS) is 27.5. The molecule has 11 atom stereocenters. The highest BCUT2D eigenvalue weighted by atomic mass is 16.7. The van der Waals surface area contributed by atoms with Gasteiger partial charge < -0.3 is 64.2 Å². The third kappa shape index (κ3) is 22.7. The van der Waals surface area contributed by atoms with Crippen molar-refractivity contribution in [3.63, 3.8) is 0 Å². The zero-order chi connectivity index (χ0) is 44.0. The summed E-state index contributed by atoms with van der Waals surface area (Å²) in [5, 5.41) is 71.8. The quantitative estimate of drug-likeness (QED) is 0.0315. The minimum absolute atomic E-state index is 0.171. The Kier molecular flexibility index (Phi) is 30.9. The summed E-state index contributed by atoms with van der Waals surface area (Å²) in [5.74, 6) is -0.918. The van der Waals surface area contributed by atoms with Gasteiger partial charge in [-0.15, -0.1) is 0 Å². The van der Waals surface area contributed by atoms with Crippen LogP contribution in [-0.2, 0) is 38.0 Å². The van der Waals surface area contributed by atoms with E-state index in [-0.39, 0.29) is 26.1 Å². The average molecular weight is 865 g/mol. The number of ether oxygens (including phenoxy) is 6. The van der Waals surface area contributed by atoms with Gasteiger partial charge in [-0.1, -0.05) is 155 Å². The molecule has 0 bridgehead atoms. The summed E-state index contributed by atoms with van der Waals surface area (Å²) >= 11 is 0. The van der Waals surface area contributed by atoms with Gasteiger partial charge in [0.15, 0.2) is 18.7 Å². The number of carbonyl (C=O) groups is 2. The Balaban J connectivity index is 1.82. The molecule has 0 aromatic carbocycles. The van der Waals surface area contributed by atoms with Crippen molar-refractivity contribution in [3.8, 4) is 0 Å². The maximum Gasteiger partial charge on any atom is 0.306 e. The molecular formula is C45H84O15. The monoisotopic (exact) mass is 865 g/mol. The van der Waals surface area contributed by atoms with Crippen LogP contribution in [0.1, 0.15) is 181 Å². The Morgan fingerprint density at radius 2 is 0.850 bits per heavy atom. The zero-order valence-electron chi connectivity index (χ0n) is 37.0. The van der Waals surface area contributed by atoms with E-state index < -0.39 is 92.7 Å². The predicted molar refractivity (Wildman–Crippen MR) is 225 cm³/mol. The molecule has 0 aromatic rings. The van der Waals surface area contributed by atoms with Gasteiger partial charge in [-0.05, 0) is 12.8 Å². The summed E-state index contributed by atoms with van der Waals surface area (Å²) in [5.41, 5.74) is 0. The molecule has 0 amide bonds. The second-order valence-corrected chi connectivity index (χ2v) is 17.0. The maximum atomic E-state index is 12.9. The van der Waals surface area contributed by atoms with E-state index in [2.05, 4.69) is 13.8 Å². The lowest BCUT2D eigenvalue weighted by Crippen LogP contribution is -2.61. The molecule has 2 aliphatic rings. The Hall–Kier alpha value is -1.50. The summed E-state index contributed by atoms with van der Waals surface area (Å²) < 4.78 is 33.4. The van der Waals surface area contributed by atoms with E-state index in [4.69, 9.17) is 28.4 Å². The fourth-order valence-corrected chi connectivity index (χ4v) is 7.63. The topological polar surface area (TPSA) is 231 Å². The zero-order valence-corrected chi connectivity index (χ0v) is 37.0. The Bertz CT molecular complexity index is 1070. The summed E-state index contributed by atoms with van der Waals surface area (Å²) in [4.78, 5) is 25.6. The fourth-order valence-electron chi connectivity index (χ4n) is 7.63. The number of aliphatic hydroxyl groups excluding tert-OH is 7. The first-order chi connectivity index (χ1) is 29.0. The number of esters is 2. The first kappa shape index (κ1) is 54.6. The molecular weight excluding hydrogens is 780 g/mol. The SMILES string of the molecule is CCCCCCCCCCCCCCCCCC(=O)OC[C@H](CO[C@@H]1O[C@H](CO[C@@H]2O[C@H](CO)[C@H](O)C(O)C2O)[C@H](O)C(O)C1O)OC(=O)CCCCCCCCCCC. The van der Waals surface area contributed by atoms with Gasteiger partial charge >= 0.3 is 11.9 Å². The first-order valence-electron chi connectivity index (χ1n) is 23.6. The predicted octanol–water partition coefficient (Wildman–Crippen LogP) is 5.26. The van der Waals surface area contributed by atoms with Crippen molar-refractivity contribution in [3.05, 3.63) is 0 Å². The number of carbonyl (C=O) groups excluding carboxylic acids is 2. The average Bonchev–Trinajstić information content (AvgIpc) is 3.24. The van der Waals surface area contributed by atoms with Crippen LogP contribution in [0.25, 0.3) is 0 Å². The highest BCUT2D eigenvalue weighted by molar-refractivity contribution is 5.70. The van der Waals surface area contributed by atoms with Gasteiger partial charge in [0, 0.05) is 12.8 Å². The van der Waals surface area contributed by atoms with Crippen LogP contribution in [0.2, 0.25) is 0 Å². The van der Waals surface area contributed by atoms with Crippen molar-refractivity contribution in [1.82, 2.24) is 0 Å². The molecule has 0 saturated carbocycles. The van der Waals surface area contributed by atoms with Gasteiger partial charge in [-0.25, -0.2) is 0 Å². The van der Waals surface area contributed by atoms with E-state index in [1.54, 1.807) is 0 Å². The van der Waals surface area contributed by atoms with Crippen LogP contribution in [0.3, 0.4) is 0 Å². The first-order valence-corrected chi connectivity index (χ1v) is 23.6. The molecule has 354 valence electrons. The molecule has 60 heavy (non-hydrogen) atoms. The molecule has 15 heteroatoms. The van der Waals surface area contributed by atoms with Gasteiger partial charge in [0.1, 0.15) is 55.4 Å². The molecule has 2 heterocycles. The van der Waals surface area contributed by atoms with Crippen molar-refractivity contribution < 1.29 is 73.8 Å². The van der Waals surface area contributed by atoms with Gasteiger partial charge in [0.05, 0.1) is 19.8 Å². The van der Waals surface area contributed by atoms with Gasteiger partial charge in [0.2, 0.25) is 0 Å². The summed E-state index contributed by atoms with van der Waals surface area (Å²) in [6, 6.07) is 0. The minimum atomic E-state index is -1.76. The highest BCUT2D eigenvalue weighted by Crippen LogP contribution is 2.26. The molecule has 0 aromatic heterocycles. The second-order valence-electron chi connectivity index (χ2n) is 17.0. The molecule has 2 saturated heterocycles. The van der Waals surface area contributed by atoms with Crippen LogP contribution in [-0.4, -0.2) is 142 Å². The van der Waals surface area contributed by atoms with E-state index in [9.17, 15) is 45.3 Å². The van der Waals surface area contributed by atoms with Crippen LogP contribution in [0.15, 0.2) is 0 Å². The van der Waals surface area contributed by atoms with Crippen LogP contribution >= 0.6 is 0 Å².